The number of β-amino-alcohol motifs (C(OH)–C–C–N with tert-alkyl or cyclic N) is 1. The maximum absolute atomic E-state index is 9.91. The van der Waals surface area contributed by atoms with E-state index in [1.54, 1.807) is 0 Å². The van der Waals surface area contributed by atoms with Crippen LogP contribution in [0.1, 0.15) is 0 Å². The first-order valence-corrected chi connectivity index (χ1v) is 5.64. The van der Waals surface area contributed by atoms with Gasteiger partial charge in [-0.2, -0.15) is 0 Å². The van der Waals surface area contributed by atoms with Crippen molar-refractivity contribution < 1.29 is 15.3 Å². The summed E-state index contributed by atoms with van der Waals surface area (Å²) in [5, 5.41) is 34.7. The van der Waals surface area contributed by atoms with E-state index in [2.05, 4.69) is 10.6 Å². The van der Waals surface area contributed by atoms with E-state index in [1.165, 1.54) is 0 Å². The summed E-state index contributed by atoms with van der Waals surface area (Å²) in [6.07, 6.45) is -1.39. The Kier molecular flexibility index (Phi) is 5.60. The van der Waals surface area contributed by atoms with Crippen LogP contribution in [0, 0.1) is 0 Å². The zero-order chi connectivity index (χ0) is 12.1. The molecule has 0 aromatic carbocycles. The van der Waals surface area contributed by atoms with E-state index in [4.69, 9.17) is 5.11 Å². The predicted molar refractivity (Wildman–Crippen MR) is 61.2 cm³/mol. The van der Waals surface area contributed by atoms with Crippen molar-refractivity contribution >= 4 is 0 Å². The van der Waals surface area contributed by atoms with Crippen molar-refractivity contribution in [1.82, 2.24) is 15.5 Å². The minimum Gasteiger partial charge on any atom is -0.395 e. The van der Waals surface area contributed by atoms with E-state index in [9.17, 15) is 10.2 Å². The molecule has 0 spiro atoms. The van der Waals surface area contributed by atoms with Crippen LogP contribution in [0.3, 0.4) is 0 Å². The summed E-state index contributed by atoms with van der Waals surface area (Å²) in [7, 11) is 3.93. The molecule has 1 fully saturated rings. The first-order valence-electron chi connectivity index (χ1n) is 5.64. The Morgan fingerprint density at radius 3 is 2.62 bits per heavy atom. The first-order chi connectivity index (χ1) is 7.56. The Hall–Kier alpha value is -0.240. The van der Waals surface area contributed by atoms with Gasteiger partial charge in [0.2, 0.25) is 0 Å². The molecule has 0 bridgehead atoms. The largest absolute Gasteiger partial charge is 0.395 e. The Labute approximate surface area is 96.3 Å². The van der Waals surface area contributed by atoms with Gasteiger partial charge >= 0.3 is 0 Å². The van der Waals surface area contributed by atoms with E-state index in [0.717, 1.165) is 6.54 Å². The van der Waals surface area contributed by atoms with Gasteiger partial charge in [-0.25, -0.2) is 0 Å². The van der Waals surface area contributed by atoms with Gasteiger partial charge in [0.1, 0.15) is 0 Å². The van der Waals surface area contributed by atoms with E-state index in [-0.39, 0.29) is 18.7 Å². The zero-order valence-corrected chi connectivity index (χ0v) is 9.93. The van der Waals surface area contributed by atoms with E-state index < -0.39 is 12.2 Å². The van der Waals surface area contributed by atoms with E-state index in [1.807, 2.05) is 19.0 Å². The van der Waals surface area contributed by atoms with Crippen LogP contribution in [-0.2, 0) is 0 Å². The Morgan fingerprint density at radius 2 is 2.06 bits per heavy atom. The second kappa shape index (κ2) is 6.48. The number of nitrogens with one attached hydrogen (secondary N) is 2. The van der Waals surface area contributed by atoms with E-state index in [0.29, 0.717) is 13.1 Å². The van der Waals surface area contributed by atoms with Crippen LogP contribution in [0.4, 0.5) is 0 Å². The minimum atomic E-state index is -0.768. The lowest BCUT2D eigenvalue weighted by molar-refractivity contribution is -0.0261. The standard InChI is InChI=1S/C10H23N3O3/c1-13(2)4-3-11-9-8(15)5-12-7(6-14)10(9)16/h7-12,14-16H,3-6H2,1-2H3/t7-,8-,9+,10-/m1/s1. The lowest BCUT2D eigenvalue weighted by atomic mass is 9.94. The lowest BCUT2D eigenvalue weighted by Gasteiger charge is -2.38. The van der Waals surface area contributed by atoms with Crippen molar-refractivity contribution in [3.63, 3.8) is 0 Å². The molecule has 6 heteroatoms. The summed E-state index contributed by atoms with van der Waals surface area (Å²) in [6.45, 7) is 1.80. The maximum atomic E-state index is 9.91. The summed E-state index contributed by atoms with van der Waals surface area (Å²) in [4.78, 5) is 2.02. The Bertz CT molecular complexity index is 204. The van der Waals surface area contributed by atoms with Crippen molar-refractivity contribution in [2.75, 3.05) is 40.3 Å². The first kappa shape index (κ1) is 13.8. The van der Waals surface area contributed by atoms with Gasteiger partial charge in [-0.15, -0.1) is 0 Å². The average Bonchev–Trinajstić information content (AvgIpc) is 2.23. The van der Waals surface area contributed by atoms with E-state index >= 15 is 0 Å². The smallest absolute Gasteiger partial charge is 0.0894 e. The normalized spacial score (nSPS) is 35.6. The molecule has 1 heterocycles. The fourth-order valence-electron chi connectivity index (χ4n) is 1.88. The van der Waals surface area contributed by atoms with Crippen LogP contribution in [0.2, 0.25) is 0 Å². The highest BCUT2D eigenvalue weighted by molar-refractivity contribution is 4.96. The summed E-state index contributed by atoms with van der Waals surface area (Å²) in [5.41, 5.74) is 0. The SMILES string of the molecule is CN(C)CCN[C@@H]1[C@H](O)[C@@H](CO)NC[C@H]1O. The number of hydrogen-bond acceptors (Lipinski definition) is 6. The molecular weight excluding hydrogens is 210 g/mol. The second-order valence-electron chi connectivity index (χ2n) is 4.54. The summed E-state index contributed by atoms with van der Waals surface area (Å²) in [5.74, 6) is 0. The fourth-order valence-corrected chi connectivity index (χ4v) is 1.88. The molecular formula is C10H23N3O3. The van der Waals surface area contributed by atoms with Crippen LogP contribution in [0.5, 0.6) is 0 Å². The third kappa shape index (κ3) is 3.65. The Morgan fingerprint density at radius 1 is 1.38 bits per heavy atom. The number of nitrogens with zero attached hydrogens (tertiary/aromatic N) is 1. The van der Waals surface area contributed by atoms with Gasteiger partial charge in [-0.1, -0.05) is 0 Å². The molecule has 16 heavy (non-hydrogen) atoms. The highest BCUT2D eigenvalue weighted by Crippen LogP contribution is 2.10. The van der Waals surface area contributed by atoms with Crippen LogP contribution in [0.15, 0.2) is 0 Å². The van der Waals surface area contributed by atoms with Gasteiger partial charge in [0.25, 0.3) is 0 Å². The molecule has 0 radical (unpaired) electrons. The minimum absolute atomic E-state index is 0.125. The van der Waals surface area contributed by atoms with Crippen LogP contribution in [0.25, 0.3) is 0 Å². The maximum Gasteiger partial charge on any atom is 0.0894 e. The molecule has 0 aromatic heterocycles. The van der Waals surface area contributed by atoms with Crippen LogP contribution in [-0.4, -0.2) is 84.8 Å². The van der Waals surface area contributed by atoms with Crippen molar-refractivity contribution in [2.45, 2.75) is 24.3 Å². The van der Waals surface area contributed by atoms with Crippen molar-refractivity contribution in [1.29, 1.82) is 0 Å². The highest BCUT2D eigenvalue weighted by Gasteiger charge is 2.36. The number of rotatable bonds is 5. The average molecular weight is 233 g/mol. The lowest BCUT2D eigenvalue weighted by Crippen LogP contribution is -2.65. The second-order valence-corrected chi connectivity index (χ2v) is 4.54. The molecule has 96 valence electrons. The highest BCUT2D eigenvalue weighted by atomic mass is 16.3. The van der Waals surface area contributed by atoms with Gasteiger partial charge in [0.05, 0.1) is 30.9 Å². The predicted octanol–water partition coefficient (Wildman–Crippen LogP) is -2.81. The topological polar surface area (TPSA) is 88.0 Å². The van der Waals surface area contributed by atoms with Crippen LogP contribution >= 0.6 is 0 Å². The zero-order valence-electron chi connectivity index (χ0n) is 9.93. The van der Waals surface area contributed by atoms with Gasteiger partial charge < -0.3 is 30.9 Å². The quantitative estimate of drug-likeness (QED) is 0.352. The van der Waals surface area contributed by atoms with Gasteiger partial charge in [0, 0.05) is 19.6 Å². The number of aliphatic hydroxyl groups excluding tert-OH is 3. The third-order valence-electron chi connectivity index (χ3n) is 2.92. The molecule has 1 aliphatic heterocycles. The van der Waals surface area contributed by atoms with Crippen molar-refractivity contribution in [3.8, 4) is 0 Å². The Balaban J connectivity index is 2.41. The summed E-state index contributed by atoms with van der Waals surface area (Å²) in [6, 6.07) is -0.737. The molecule has 5 N–H and O–H groups in total. The number of likely N-dealkylation sites (N-methyl/N-ethyl adjacent to an activating group) is 1. The monoisotopic (exact) mass is 233 g/mol. The summed E-state index contributed by atoms with van der Waals surface area (Å²) < 4.78 is 0. The number of piperidine rings is 1. The molecule has 4 atom stereocenters. The number of aliphatic hydroxyl groups is 3. The molecule has 0 saturated carbocycles. The van der Waals surface area contributed by atoms with Gasteiger partial charge in [0.15, 0.2) is 0 Å². The molecule has 0 amide bonds. The molecule has 0 aliphatic carbocycles. The molecule has 0 unspecified atom stereocenters. The molecule has 0 aromatic rings. The summed E-state index contributed by atoms with van der Waals surface area (Å²) >= 11 is 0. The molecule has 1 aliphatic rings. The van der Waals surface area contributed by atoms with Crippen molar-refractivity contribution in [3.05, 3.63) is 0 Å². The van der Waals surface area contributed by atoms with Gasteiger partial charge in [-0.3, -0.25) is 0 Å². The molecule has 1 rings (SSSR count). The number of hydrogen-bond donors (Lipinski definition) is 5. The fraction of sp³-hybridized carbons (Fsp3) is 1.00. The van der Waals surface area contributed by atoms with Gasteiger partial charge in [-0.05, 0) is 14.1 Å². The van der Waals surface area contributed by atoms with Crippen molar-refractivity contribution in [2.24, 2.45) is 0 Å². The molecule has 6 nitrogen and oxygen atoms in total. The third-order valence-corrected chi connectivity index (χ3v) is 2.92. The molecule has 1 saturated heterocycles. The van der Waals surface area contributed by atoms with Crippen LogP contribution < -0.4 is 10.6 Å².